The average Bonchev–Trinajstić information content (AvgIpc) is 2.99. The Kier molecular flexibility index (Phi) is 4.75. The van der Waals surface area contributed by atoms with Gasteiger partial charge >= 0.3 is 0 Å². The molecule has 24 heavy (non-hydrogen) atoms. The molecule has 0 fully saturated rings. The third kappa shape index (κ3) is 3.10. The van der Waals surface area contributed by atoms with Crippen LogP contribution in [0.5, 0.6) is 0 Å². The van der Waals surface area contributed by atoms with Gasteiger partial charge in [-0.1, -0.05) is 31.2 Å². The van der Waals surface area contributed by atoms with Gasteiger partial charge in [0.25, 0.3) is 0 Å². The molecule has 3 aromatic rings. The Morgan fingerprint density at radius 2 is 2.12 bits per heavy atom. The van der Waals surface area contributed by atoms with E-state index in [2.05, 4.69) is 40.6 Å². The maximum atomic E-state index is 11.3. The lowest BCUT2D eigenvalue weighted by atomic mass is 9.90. The first-order valence-electron chi connectivity index (χ1n) is 7.76. The zero-order chi connectivity index (χ0) is 17.3. The van der Waals surface area contributed by atoms with Crippen molar-refractivity contribution in [3.63, 3.8) is 0 Å². The van der Waals surface area contributed by atoms with Crippen LogP contribution in [-0.4, -0.2) is 16.5 Å². The largest absolute Gasteiger partial charge is 0.398 e. The van der Waals surface area contributed by atoms with Crippen molar-refractivity contribution in [2.45, 2.75) is 19.3 Å². The average molecular weight is 435 g/mol. The van der Waals surface area contributed by atoms with Gasteiger partial charge in [0.2, 0.25) is 6.54 Å². The van der Waals surface area contributed by atoms with Gasteiger partial charge in [-0.25, -0.2) is 0 Å². The summed E-state index contributed by atoms with van der Waals surface area (Å²) in [5.41, 5.74) is 10.7. The van der Waals surface area contributed by atoms with Crippen LogP contribution in [0.1, 0.15) is 29.5 Å². The maximum Gasteiger partial charge on any atom is 0.214 e. The van der Waals surface area contributed by atoms with E-state index < -0.39 is 0 Å². The molecule has 0 aliphatic rings. The number of benzene rings is 2. The van der Waals surface area contributed by atoms with Gasteiger partial charge in [0.1, 0.15) is 0 Å². The van der Waals surface area contributed by atoms with Gasteiger partial charge in [-0.05, 0) is 57.8 Å². The van der Waals surface area contributed by atoms with Gasteiger partial charge in [-0.2, -0.15) is 0 Å². The molecule has 0 amide bonds. The highest BCUT2D eigenvalue weighted by Gasteiger charge is 2.24. The fourth-order valence-corrected chi connectivity index (χ4v) is 3.65. The smallest absolute Gasteiger partial charge is 0.214 e. The van der Waals surface area contributed by atoms with Crippen molar-refractivity contribution in [2.24, 2.45) is 0 Å². The Bertz CT molecular complexity index is 904. The summed E-state index contributed by atoms with van der Waals surface area (Å²) in [6.45, 7) is 1.95. The van der Waals surface area contributed by atoms with Crippen LogP contribution >= 0.6 is 22.6 Å². The molecule has 5 nitrogen and oxygen atoms in total. The Labute approximate surface area is 153 Å². The number of H-pyrrole nitrogens is 1. The number of halogens is 1. The van der Waals surface area contributed by atoms with E-state index in [1.54, 1.807) is 0 Å². The van der Waals surface area contributed by atoms with Gasteiger partial charge in [0, 0.05) is 31.3 Å². The van der Waals surface area contributed by atoms with Crippen molar-refractivity contribution in [1.82, 2.24) is 4.98 Å². The van der Waals surface area contributed by atoms with Crippen molar-refractivity contribution < 1.29 is 4.92 Å². The lowest BCUT2D eigenvalue weighted by Crippen LogP contribution is -2.14. The van der Waals surface area contributed by atoms with Gasteiger partial charge in [-0.3, -0.25) is 10.1 Å². The van der Waals surface area contributed by atoms with Gasteiger partial charge in [0.15, 0.2) is 0 Å². The van der Waals surface area contributed by atoms with Crippen molar-refractivity contribution >= 4 is 39.2 Å². The zero-order valence-corrected chi connectivity index (χ0v) is 15.4. The first-order chi connectivity index (χ1) is 11.5. The number of aromatic nitrogens is 1. The number of fused-ring (bicyclic) bond motifs is 1. The highest BCUT2D eigenvalue weighted by Crippen LogP contribution is 2.33. The van der Waals surface area contributed by atoms with Crippen LogP contribution in [0.15, 0.2) is 42.6 Å². The van der Waals surface area contributed by atoms with Crippen LogP contribution in [0.4, 0.5) is 5.69 Å². The summed E-state index contributed by atoms with van der Waals surface area (Å²) in [7, 11) is 0. The third-order valence-corrected chi connectivity index (χ3v) is 5.28. The summed E-state index contributed by atoms with van der Waals surface area (Å²) in [6, 6.07) is 11.7. The van der Waals surface area contributed by atoms with E-state index in [9.17, 15) is 10.1 Å². The summed E-state index contributed by atoms with van der Waals surface area (Å²) in [6.07, 6.45) is 2.82. The molecule has 0 aliphatic heterocycles. The minimum atomic E-state index is -0.310. The highest BCUT2D eigenvalue weighted by molar-refractivity contribution is 14.1. The topological polar surface area (TPSA) is 84.9 Å². The monoisotopic (exact) mass is 435 g/mol. The van der Waals surface area contributed by atoms with Gasteiger partial charge in [0.05, 0.1) is 5.92 Å². The van der Waals surface area contributed by atoms with Crippen molar-refractivity contribution in [3.05, 3.63) is 73.0 Å². The first kappa shape index (κ1) is 16.8. The lowest BCUT2D eigenvalue weighted by molar-refractivity contribution is -0.481. The molecule has 0 saturated carbocycles. The standard InChI is InChI=1S/C18H18IN3O2/c1-2-11-4-3-5-13-14(9-21-18(11)13)15(10-22(23)24)12-6-7-17(20)16(19)8-12/h3-9,15,21H,2,10,20H2,1H3/t15-/m1/s1. The Hall–Kier alpha value is -2.09. The molecule has 3 rings (SSSR count). The molecule has 1 aromatic heterocycles. The van der Waals surface area contributed by atoms with E-state index in [-0.39, 0.29) is 17.4 Å². The second-order valence-corrected chi connectivity index (χ2v) is 6.95. The number of nitrogens with zero attached hydrogens (tertiary/aromatic N) is 1. The van der Waals surface area contributed by atoms with E-state index in [1.807, 2.05) is 36.5 Å². The number of nitrogens with one attached hydrogen (secondary N) is 1. The molecular weight excluding hydrogens is 417 g/mol. The number of aryl methyl sites for hydroxylation is 1. The molecule has 0 unspecified atom stereocenters. The number of hydrogen-bond donors (Lipinski definition) is 2. The predicted octanol–water partition coefficient (Wildman–Crippen LogP) is 4.33. The quantitative estimate of drug-likeness (QED) is 0.271. The molecule has 0 saturated heterocycles. The lowest BCUT2D eigenvalue weighted by Gasteiger charge is -2.14. The molecule has 1 heterocycles. The van der Waals surface area contributed by atoms with Crippen molar-refractivity contribution in [3.8, 4) is 0 Å². The molecule has 0 spiro atoms. The van der Waals surface area contributed by atoms with Crippen LogP contribution in [0.2, 0.25) is 0 Å². The molecule has 0 bridgehead atoms. The number of nitro groups is 1. The second-order valence-electron chi connectivity index (χ2n) is 5.79. The predicted molar refractivity (Wildman–Crippen MR) is 105 cm³/mol. The first-order valence-corrected chi connectivity index (χ1v) is 8.84. The molecule has 1 atom stereocenters. The number of anilines is 1. The number of nitrogens with two attached hydrogens (primary N) is 1. The van der Waals surface area contributed by atoms with Gasteiger partial charge < -0.3 is 10.7 Å². The summed E-state index contributed by atoms with van der Waals surface area (Å²) in [5, 5.41) is 12.3. The fourth-order valence-electron chi connectivity index (χ4n) is 3.11. The van der Waals surface area contributed by atoms with E-state index in [1.165, 1.54) is 5.56 Å². The molecule has 0 aliphatic carbocycles. The van der Waals surface area contributed by atoms with E-state index in [0.29, 0.717) is 5.69 Å². The van der Waals surface area contributed by atoms with Crippen LogP contribution in [0.25, 0.3) is 10.9 Å². The summed E-state index contributed by atoms with van der Waals surface area (Å²) in [4.78, 5) is 14.3. The third-order valence-electron chi connectivity index (χ3n) is 4.35. The molecular formula is C18H18IN3O2. The SMILES string of the molecule is CCc1cccc2c([C@H](C[N+](=O)[O-])c3ccc(N)c(I)c3)c[nH]c12. The summed E-state index contributed by atoms with van der Waals surface area (Å²) < 4.78 is 0.910. The fraction of sp³-hybridized carbons (Fsp3) is 0.222. The van der Waals surface area contributed by atoms with Crippen LogP contribution in [0, 0.1) is 13.7 Å². The maximum absolute atomic E-state index is 11.3. The highest BCUT2D eigenvalue weighted by atomic mass is 127. The van der Waals surface area contributed by atoms with E-state index in [0.717, 1.165) is 32.0 Å². The minimum Gasteiger partial charge on any atom is -0.398 e. The van der Waals surface area contributed by atoms with Gasteiger partial charge in [-0.15, -0.1) is 0 Å². The molecule has 6 heteroatoms. The van der Waals surface area contributed by atoms with Crippen LogP contribution in [0.3, 0.4) is 0 Å². The second kappa shape index (κ2) is 6.80. The Balaban J connectivity index is 2.16. The normalized spacial score (nSPS) is 12.4. The molecule has 124 valence electrons. The number of rotatable bonds is 5. The summed E-state index contributed by atoms with van der Waals surface area (Å²) in [5.74, 6) is -0.310. The molecule has 3 N–H and O–H groups in total. The van der Waals surface area contributed by atoms with E-state index in [4.69, 9.17) is 5.73 Å². The number of nitrogen functional groups attached to an aromatic ring is 1. The molecule has 0 radical (unpaired) electrons. The number of aromatic amines is 1. The van der Waals surface area contributed by atoms with Crippen molar-refractivity contribution in [2.75, 3.05) is 12.3 Å². The number of para-hydroxylation sites is 1. The molecule has 2 aromatic carbocycles. The van der Waals surface area contributed by atoms with Crippen LogP contribution < -0.4 is 5.73 Å². The zero-order valence-electron chi connectivity index (χ0n) is 13.3. The summed E-state index contributed by atoms with van der Waals surface area (Å²) >= 11 is 2.16. The minimum absolute atomic E-state index is 0.149. The Morgan fingerprint density at radius 3 is 2.79 bits per heavy atom. The van der Waals surface area contributed by atoms with E-state index >= 15 is 0 Å². The number of hydrogen-bond acceptors (Lipinski definition) is 3. The van der Waals surface area contributed by atoms with Crippen molar-refractivity contribution in [1.29, 1.82) is 0 Å². The Morgan fingerprint density at radius 1 is 1.33 bits per heavy atom. The van der Waals surface area contributed by atoms with Crippen LogP contribution in [-0.2, 0) is 6.42 Å².